The SMILES string of the molecule is O=C(Cn1c(=O)ccn(Cc2ccccc2)c1=O)NCCSc1ccccc1. The third-order valence-electron chi connectivity index (χ3n) is 4.07. The van der Waals surface area contributed by atoms with Gasteiger partial charge in [-0.05, 0) is 17.7 Å². The van der Waals surface area contributed by atoms with E-state index in [2.05, 4.69) is 5.32 Å². The van der Waals surface area contributed by atoms with E-state index in [-0.39, 0.29) is 12.5 Å². The Morgan fingerprint density at radius 1 is 0.929 bits per heavy atom. The summed E-state index contributed by atoms with van der Waals surface area (Å²) in [4.78, 5) is 37.9. The van der Waals surface area contributed by atoms with Crippen LogP contribution < -0.4 is 16.6 Å². The average Bonchev–Trinajstić information content (AvgIpc) is 2.72. The second kappa shape index (κ2) is 9.75. The summed E-state index contributed by atoms with van der Waals surface area (Å²) in [6.45, 7) is 0.511. The fraction of sp³-hybridized carbons (Fsp3) is 0.190. The monoisotopic (exact) mass is 395 g/mol. The molecule has 0 aliphatic rings. The van der Waals surface area contributed by atoms with Crippen molar-refractivity contribution in [3.8, 4) is 0 Å². The first-order valence-electron chi connectivity index (χ1n) is 8.92. The van der Waals surface area contributed by atoms with E-state index in [1.807, 2.05) is 60.7 Å². The van der Waals surface area contributed by atoms with E-state index in [9.17, 15) is 14.4 Å². The predicted molar refractivity (Wildman–Crippen MR) is 111 cm³/mol. The number of nitrogens with one attached hydrogen (secondary N) is 1. The first-order valence-corrected chi connectivity index (χ1v) is 9.91. The minimum absolute atomic E-state index is 0.288. The summed E-state index contributed by atoms with van der Waals surface area (Å²) in [7, 11) is 0. The molecule has 0 aliphatic carbocycles. The van der Waals surface area contributed by atoms with Crippen molar-refractivity contribution in [1.82, 2.24) is 14.5 Å². The summed E-state index contributed by atoms with van der Waals surface area (Å²) in [5.41, 5.74) is -0.0366. The molecule has 0 saturated heterocycles. The van der Waals surface area contributed by atoms with Gasteiger partial charge in [-0.3, -0.25) is 18.7 Å². The Bertz CT molecular complexity index is 1030. The lowest BCUT2D eigenvalue weighted by atomic mass is 10.2. The maximum absolute atomic E-state index is 12.6. The van der Waals surface area contributed by atoms with Gasteiger partial charge in [0.2, 0.25) is 5.91 Å². The van der Waals surface area contributed by atoms with E-state index in [0.29, 0.717) is 18.8 Å². The molecule has 28 heavy (non-hydrogen) atoms. The standard InChI is InChI=1S/C21H21N3O3S/c25-19(22-12-14-28-18-9-5-2-6-10-18)16-24-20(26)11-13-23(21(24)27)15-17-7-3-1-4-8-17/h1-11,13H,12,14-16H2,(H,22,25). The Morgan fingerprint density at radius 3 is 2.32 bits per heavy atom. The molecule has 1 aromatic heterocycles. The summed E-state index contributed by atoms with van der Waals surface area (Å²) in [6.07, 6.45) is 1.46. The Kier molecular flexibility index (Phi) is 6.86. The van der Waals surface area contributed by atoms with E-state index in [1.54, 1.807) is 11.8 Å². The quantitative estimate of drug-likeness (QED) is 0.468. The zero-order valence-corrected chi connectivity index (χ0v) is 16.1. The van der Waals surface area contributed by atoms with Crippen LogP contribution in [-0.2, 0) is 17.9 Å². The van der Waals surface area contributed by atoms with Crippen molar-refractivity contribution in [3.63, 3.8) is 0 Å². The Hall–Kier alpha value is -3.06. The second-order valence-corrected chi connectivity index (χ2v) is 7.32. The van der Waals surface area contributed by atoms with Crippen LogP contribution in [0.1, 0.15) is 5.56 Å². The molecule has 0 saturated carbocycles. The Morgan fingerprint density at radius 2 is 1.61 bits per heavy atom. The maximum atomic E-state index is 12.6. The topological polar surface area (TPSA) is 73.1 Å². The first-order chi connectivity index (χ1) is 13.6. The maximum Gasteiger partial charge on any atom is 0.331 e. The summed E-state index contributed by atoms with van der Waals surface area (Å²) < 4.78 is 2.39. The molecule has 144 valence electrons. The highest BCUT2D eigenvalue weighted by atomic mass is 32.2. The van der Waals surface area contributed by atoms with Crippen molar-refractivity contribution >= 4 is 17.7 Å². The molecule has 6 nitrogen and oxygen atoms in total. The number of nitrogens with zero attached hydrogens (tertiary/aromatic N) is 2. The van der Waals surface area contributed by atoms with Crippen molar-refractivity contribution in [1.29, 1.82) is 0 Å². The molecule has 0 fully saturated rings. The number of benzene rings is 2. The van der Waals surface area contributed by atoms with Crippen molar-refractivity contribution in [2.45, 2.75) is 18.0 Å². The third-order valence-corrected chi connectivity index (χ3v) is 5.09. The molecule has 7 heteroatoms. The van der Waals surface area contributed by atoms with E-state index >= 15 is 0 Å². The van der Waals surface area contributed by atoms with Gasteiger partial charge in [0, 0.05) is 29.5 Å². The van der Waals surface area contributed by atoms with Crippen LogP contribution in [0.4, 0.5) is 0 Å². The van der Waals surface area contributed by atoms with Crippen molar-refractivity contribution in [2.24, 2.45) is 0 Å². The fourth-order valence-electron chi connectivity index (χ4n) is 2.68. The lowest BCUT2D eigenvalue weighted by Gasteiger charge is -2.10. The molecule has 0 radical (unpaired) electrons. The van der Waals surface area contributed by atoms with Gasteiger partial charge in [-0.2, -0.15) is 0 Å². The molecule has 1 N–H and O–H groups in total. The Balaban J connectivity index is 1.58. The minimum Gasteiger partial charge on any atom is -0.354 e. The van der Waals surface area contributed by atoms with Crippen LogP contribution in [0, 0.1) is 0 Å². The smallest absolute Gasteiger partial charge is 0.331 e. The van der Waals surface area contributed by atoms with E-state index in [4.69, 9.17) is 0 Å². The summed E-state index contributed by atoms with van der Waals surface area (Å²) in [5.74, 6) is 0.350. The second-order valence-electron chi connectivity index (χ2n) is 6.15. The number of rotatable bonds is 8. The highest BCUT2D eigenvalue weighted by Gasteiger charge is 2.10. The van der Waals surface area contributed by atoms with E-state index < -0.39 is 11.2 Å². The van der Waals surface area contributed by atoms with Crippen LogP contribution in [0.2, 0.25) is 0 Å². The summed E-state index contributed by atoms with van der Waals surface area (Å²) in [5, 5.41) is 2.76. The van der Waals surface area contributed by atoms with Crippen LogP contribution in [0.5, 0.6) is 0 Å². The number of carbonyl (C=O) groups excluding carboxylic acids is 1. The molecule has 0 atom stereocenters. The molecular weight excluding hydrogens is 374 g/mol. The molecular formula is C21H21N3O3S. The predicted octanol–water partition coefficient (Wildman–Crippen LogP) is 1.97. The lowest BCUT2D eigenvalue weighted by molar-refractivity contribution is -0.121. The van der Waals surface area contributed by atoms with Gasteiger partial charge in [0.1, 0.15) is 6.54 Å². The van der Waals surface area contributed by atoms with Crippen LogP contribution in [-0.4, -0.2) is 27.3 Å². The zero-order chi connectivity index (χ0) is 19.8. The minimum atomic E-state index is -0.495. The number of hydrogen-bond acceptors (Lipinski definition) is 4. The van der Waals surface area contributed by atoms with Gasteiger partial charge < -0.3 is 5.32 Å². The van der Waals surface area contributed by atoms with Gasteiger partial charge >= 0.3 is 5.69 Å². The number of hydrogen-bond donors (Lipinski definition) is 1. The van der Waals surface area contributed by atoms with Gasteiger partial charge in [0.05, 0.1) is 6.54 Å². The number of thioether (sulfide) groups is 1. The van der Waals surface area contributed by atoms with Gasteiger partial charge in [-0.15, -0.1) is 11.8 Å². The fourth-order valence-corrected chi connectivity index (χ4v) is 3.47. The molecule has 1 heterocycles. The molecule has 1 amide bonds. The van der Waals surface area contributed by atoms with Crippen molar-refractivity contribution in [2.75, 3.05) is 12.3 Å². The van der Waals surface area contributed by atoms with Crippen molar-refractivity contribution < 1.29 is 4.79 Å². The summed E-state index contributed by atoms with van der Waals surface area (Å²) >= 11 is 1.63. The average molecular weight is 395 g/mol. The summed E-state index contributed by atoms with van der Waals surface area (Å²) in [6, 6.07) is 20.7. The third kappa shape index (κ3) is 5.47. The van der Waals surface area contributed by atoms with Gasteiger partial charge in [-0.25, -0.2) is 4.79 Å². The highest BCUT2D eigenvalue weighted by molar-refractivity contribution is 7.99. The van der Waals surface area contributed by atoms with Crippen LogP contribution in [0.25, 0.3) is 0 Å². The normalized spacial score (nSPS) is 10.6. The molecule has 2 aromatic carbocycles. The van der Waals surface area contributed by atoms with Crippen LogP contribution >= 0.6 is 11.8 Å². The molecule has 3 aromatic rings. The van der Waals surface area contributed by atoms with E-state index in [0.717, 1.165) is 15.0 Å². The van der Waals surface area contributed by atoms with E-state index in [1.165, 1.54) is 16.8 Å². The van der Waals surface area contributed by atoms with Crippen molar-refractivity contribution in [3.05, 3.63) is 99.3 Å². The molecule has 0 unspecified atom stereocenters. The highest BCUT2D eigenvalue weighted by Crippen LogP contribution is 2.15. The van der Waals surface area contributed by atoms with Gasteiger partial charge in [0.25, 0.3) is 5.56 Å². The Labute approximate surface area is 166 Å². The molecule has 0 spiro atoms. The first kappa shape index (κ1) is 19.7. The lowest BCUT2D eigenvalue weighted by Crippen LogP contribution is -2.43. The molecule has 0 bridgehead atoms. The van der Waals surface area contributed by atoms with Crippen LogP contribution in [0.3, 0.4) is 0 Å². The van der Waals surface area contributed by atoms with Crippen LogP contribution in [0.15, 0.2) is 87.4 Å². The number of aromatic nitrogens is 2. The molecule has 3 rings (SSSR count). The zero-order valence-electron chi connectivity index (χ0n) is 15.3. The van der Waals surface area contributed by atoms with Gasteiger partial charge in [-0.1, -0.05) is 48.5 Å². The van der Waals surface area contributed by atoms with Gasteiger partial charge in [0.15, 0.2) is 0 Å². The number of carbonyl (C=O) groups is 1. The largest absolute Gasteiger partial charge is 0.354 e. The molecule has 0 aliphatic heterocycles. The number of amides is 1.